The van der Waals surface area contributed by atoms with E-state index in [1.807, 2.05) is 41.1 Å². The maximum absolute atomic E-state index is 12.9. The lowest BCUT2D eigenvalue weighted by molar-refractivity contribution is -0.135. The summed E-state index contributed by atoms with van der Waals surface area (Å²) >= 11 is 0. The van der Waals surface area contributed by atoms with Crippen LogP contribution in [0.25, 0.3) is 0 Å². The number of rotatable bonds is 8. The Kier molecular flexibility index (Phi) is 8.29. The van der Waals surface area contributed by atoms with Crippen molar-refractivity contribution in [1.82, 2.24) is 9.80 Å². The third kappa shape index (κ3) is 6.85. The van der Waals surface area contributed by atoms with Gasteiger partial charge in [0, 0.05) is 55.0 Å². The van der Waals surface area contributed by atoms with Crippen LogP contribution in [0.15, 0.2) is 48.5 Å². The smallest absolute Gasteiger partial charge is 0.253 e. The van der Waals surface area contributed by atoms with Crippen molar-refractivity contribution in [1.29, 1.82) is 0 Å². The highest BCUT2D eigenvalue weighted by atomic mass is 16.2. The molecule has 39 heavy (non-hydrogen) atoms. The zero-order valence-corrected chi connectivity index (χ0v) is 22.7. The fourth-order valence-corrected chi connectivity index (χ4v) is 5.68. The standard InChI is InChI=1S/C31H38N4O4/c1-34(27-7-2-3-8-27)30(38)24-5-4-6-26(20-24)32-28(36)19-21-9-13-25(14-10-21)33-29(37)22-15-17-35(18-16-22)31(39)23-11-12-23/h4-6,9-10,13-14,20,22-23,27H,2-3,7-8,11-12,15-19H2,1H3,(H,32,36)(H,33,37). The number of likely N-dealkylation sites (tertiary alicyclic amines) is 1. The van der Waals surface area contributed by atoms with Crippen LogP contribution in [0.2, 0.25) is 0 Å². The second-order valence-electron chi connectivity index (χ2n) is 11.2. The summed E-state index contributed by atoms with van der Waals surface area (Å²) in [4.78, 5) is 54.3. The Bertz CT molecular complexity index is 1210. The molecule has 2 aromatic carbocycles. The maximum Gasteiger partial charge on any atom is 0.253 e. The number of nitrogens with zero attached hydrogens (tertiary/aromatic N) is 2. The lowest BCUT2D eigenvalue weighted by Crippen LogP contribution is -2.42. The number of hydrogen-bond acceptors (Lipinski definition) is 4. The van der Waals surface area contributed by atoms with E-state index in [1.165, 1.54) is 0 Å². The van der Waals surface area contributed by atoms with Gasteiger partial charge in [-0.15, -0.1) is 0 Å². The first-order valence-electron chi connectivity index (χ1n) is 14.2. The Morgan fingerprint density at radius 2 is 1.51 bits per heavy atom. The van der Waals surface area contributed by atoms with Gasteiger partial charge in [-0.3, -0.25) is 19.2 Å². The Balaban J connectivity index is 1.09. The molecule has 0 aromatic heterocycles. The first-order valence-corrected chi connectivity index (χ1v) is 14.2. The van der Waals surface area contributed by atoms with Gasteiger partial charge < -0.3 is 20.4 Å². The molecule has 2 aromatic rings. The molecule has 0 atom stereocenters. The van der Waals surface area contributed by atoms with Crippen LogP contribution in [0.5, 0.6) is 0 Å². The summed E-state index contributed by atoms with van der Waals surface area (Å²) < 4.78 is 0. The summed E-state index contributed by atoms with van der Waals surface area (Å²) in [5, 5.41) is 5.88. The van der Waals surface area contributed by atoms with E-state index in [0.717, 1.165) is 44.1 Å². The molecular formula is C31H38N4O4. The Morgan fingerprint density at radius 3 is 2.18 bits per heavy atom. The predicted molar refractivity (Wildman–Crippen MR) is 150 cm³/mol. The molecule has 0 radical (unpaired) electrons. The second kappa shape index (κ2) is 12.0. The van der Waals surface area contributed by atoms with Crippen LogP contribution >= 0.6 is 0 Å². The van der Waals surface area contributed by atoms with E-state index in [1.54, 1.807) is 24.3 Å². The lowest BCUT2D eigenvalue weighted by Gasteiger charge is -2.31. The van der Waals surface area contributed by atoms with E-state index in [2.05, 4.69) is 10.6 Å². The average Bonchev–Trinajstić information content (AvgIpc) is 3.66. The number of carbonyl (C=O) groups excluding carboxylic acids is 4. The molecule has 8 heteroatoms. The minimum atomic E-state index is -0.173. The van der Waals surface area contributed by atoms with Gasteiger partial charge in [-0.25, -0.2) is 0 Å². The molecule has 1 aliphatic heterocycles. The molecule has 1 saturated heterocycles. The van der Waals surface area contributed by atoms with Crippen molar-refractivity contribution in [3.8, 4) is 0 Å². The van der Waals surface area contributed by atoms with Crippen molar-refractivity contribution < 1.29 is 19.2 Å². The number of amides is 4. The van der Waals surface area contributed by atoms with Crippen molar-refractivity contribution in [2.24, 2.45) is 11.8 Å². The highest BCUT2D eigenvalue weighted by Gasteiger charge is 2.36. The molecule has 0 bridgehead atoms. The first-order chi connectivity index (χ1) is 18.9. The monoisotopic (exact) mass is 530 g/mol. The van der Waals surface area contributed by atoms with E-state index in [-0.39, 0.29) is 41.9 Å². The second-order valence-corrected chi connectivity index (χ2v) is 11.2. The quantitative estimate of drug-likeness (QED) is 0.526. The third-order valence-electron chi connectivity index (χ3n) is 8.28. The summed E-state index contributed by atoms with van der Waals surface area (Å²) in [7, 11) is 1.86. The molecule has 4 amide bonds. The summed E-state index contributed by atoms with van der Waals surface area (Å²) in [5.41, 5.74) is 2.69. The predicted octanol–water partition coefficient (Wildman–Crippen LogP) is 4.47. The first kappa shape index (κ1) is 26.9. The lowest BCUT2D eigenvalue weighted by atomic mass is 9.95. The molecule has 2 aliphatic carbocycles. The topological polar surface area (TPSA) is 98.8 Å². The maximum atomic E-state index is 12.9. The number of benzene rings is 2. The van der Waals surface area contributed by atoms with E-state index in [0.29, 0.717) is 48.9 Å². The van der Waals surface area contributed by atoms with Crippen LogP contribution in [-0.2, 0) is 20.8 Å². The van der Waals surface area contributed by atoms with Crippen molar-refractivity contribution in [2.75, 3.05) is 30.8 Å². The average molecular weight is 531 g/mol. The molecule has 5 rings (SSSR count). The van der Waals surface area contributed by atoms with Gasteiger partial charge in [-0.2, -0.15) is 0 Å². The fraction of sp³-hybridized carbons (Fsp3) is 0.484. The fourth-order valence-electron chi connectivity index (χ4n) is 5.68. The number of piperidine rings is 1. The molecule has 3 fully saturated rings. The summed E-state index contributed by atoms with van der Waals surface area (Å²) in [5.74, 6) is 0.160. The largest absolute Gasteiger partial charge is 0.342 e. The van der Waals surface area contributed by atoms with Gasteiger partial charge in [-0.05, 0) is 74.4 Å². The van der Waals surface area contributed by atoms with E-state index in [9.17, 15) is 19.2 Å². The van der Waals surface area contributed by atoms with Gasteiger partial charge in [0.2, 0.25) is 17.7 Å². The normalized spacial score (nSPS) is 18.0. The van der Waals surface area contributed by atoms with Crippen molar-refractivity contribution in [3.05, 3.63) is 59.7 Å². The van der Waals surface area contributed by atoms with Gasteiger partial charge in [0.1, 0.15) is 0 Å². The zero-order valence-electron chi connectivity index (χ0n) is 22.7. The minimum Gasteiger partial charge on any atom is -0.342 e. The van der Waals surface area contributed by atoms with Gasteiger partial charge in [-0.1, -0.05) is 31.0 Å². The van der Waals surface area contributed by atoms with Gasteiger partial charge >= 0.3 is 0 Å². The molecular weight excluding hydrogens is 492 g/mol. The van der Waals surface area contributed by atoms with Gasteiger partial charge in [0.05, 0.1) is 6.42 Å². The van der Waals surface area contributed by atoms with Crippen molar-refractivity contribution in [2.45, 2.75) is 63.8 Å². The van der Waals surface area contributed by atoms with Crippen LogP contribution in [0, 0.1) is 11.8 Å². The number of carbonyl (C=O) groups is 4. The highest BCUT2D eigenvalue weighted by Crippen LogP contribution is 2.32. The van der Waals surface area contributed by atoms with Crippen molar-refractivity contribution in [3.63, 3.8) is 0 Å². The van der Waals surface area contributed by atoms with Gasteiger partial charge in [0.25, 0.3) is 5.91 Å². The molecule has 206 valence electrons. The van der Waals surface area contributed by atoms with E-state index < -0.39 is 0 Å². The molecule has 2 saturated carbocycles. The summed E-state index contributed by atoms with van der Waals surface area (Å²) in [6.07, 6.45) is 7.97. The van der Waals surface area contributed by atoms with Crippen LogP contribution in [0.1, 0.15) is 67.3 Å². The van der Waals surface area contributed by atoms with E-state index >= 15 is 0 Å². The molecule has 0 spiro atoms. The summed E-state index contributed by atoms with van der Waals surface area (Å²) in [6.45, 7) is 1.30. The SMILES string of the molecule is CN(C(=O)c1cccc(NC(=O)Cc2ccc(NC(=O)C3CCN(C(=O)C4CC4)CC3)cc2)c1)C1CCCC1. The van der Waals surface area contributed by atoms with Crippen molar-refractivity contribution >= 4 is 35.0 Å². The van der Waals surface area contributed by atoms with E-state index in [4.69, 9.17) is 0 Å². The Morgan fingerprint density at radius 1 is 0.821 bits per heavy atom. The summed E-state index contributed by atoms with van der Waals surface area (Å²) in [6, 6.07) is 14.7. The van der Waals surface area contributed by atoms with Crippen LogP contribution < -0.4 is 10.6 Å². The Labute approximate surface area is 230 Å². The molecule has 0 unspecified atom stereocenters. The molecule has 3 aliphatic rings. The van der Waals surface area contributed by atoms with Gasteiger partial charge in [0.15, 0.2) is 0 Å². The van der Waals surface area contributed by atoms with Crippen LogP contribution in [0.4, 0.5) is 11.4 Å². The zero-order chi connectivity index (χ0) is 27.4. The number of anilines is 2. The Hall–Kier alpha value is -3.68. The number of hydrogen-bond donors (Lipinski definition) is 2. The molecule has 8 nitrogen and oxygen atoms in total. The molecule has 1 heterocycles. The minimum absolute atomic E-state index is 0.0204. The highest BCUT2D eigenvalue weighted by molar-refractivity contribution is 5.98. The van der Waals surface area contributed by atoms with Crippen LogP contribution in [0.3, 0.4) is 0 Å². The van der Waals surface area contributed by atoms with Crippen LogP contribution in [-0.4, -0.2) is 59.6 Å². The molecule has 2 N–H and O–H groups in total. The number of nitrogens with one attached hydrogen (secondary N) is 2. The third-order valence-corrected chi connectivity index (χ3v) is 8.28.